The lowest BCUT2D eigenvalue weighted by atomic mass is 10.2. The minimum Gasteiger partial charge on any atom is -0.387 e. The molecule has 4 heteroatoms. The molecule has 3 nitrogen and oxygen atoms in total. The van der Waals surface area contributed by atoms with Crippen molar-refractivity contribution in [3.63, 3.8) is 0 Å². The predicted molar refractivity (Wildman–Crippen MR) is 66.5 cm³/mol. The molecule has 0 atom stereocenters. The fourth-order valence-corrected chi connectivity index (χ4v) is 2.01. The van der Waals surface area contributed by atoms with Crippen LogP contribution in [-0.2, 0) is 0 Å². The van der Waals surface area contributed by atoms with E-state index in [9.17, 15) is 0 Å². The molecule has 0 aromatic carbocycles. The van der Waals surface area contributed by atoms with Gasteiger partial charge in [-0.05, 0) is 35.6 Å². The van der Waals surface area contributed by atoms with Crippen molar-refractivity contribution >= 4 is 39.2 Å². The molecule has 14 heavy (non-hydrogen) atoms. The number of aryl methyl sites for hydroxylation is 1. The van der Waals surface area contributed by atoms with Gasteiger partial charge in [0, 0.05) is 36.2 Å². The van der Waals surface area contributed by atoms with E-state index in [2.05, 4.69) is 37.9 Å². The quantitative estimate of drug-likeness (QED) is 0.823. The van der Waals surface area contributed by atoms with Crippen LogP contribution >= 0.6 is 22.6 Å². The molecule has 72 valence electrons. The molecule has 0 saturated carbocycles. The van der Waals surface area contributed by atoms with Crippen molar-refractivity contribution in [3.05, 3.63) is 27.7 Å². The van der Waals surface area contributed by atoms with Crippen LogP contribution in [0.1, 0.15) is 5.69 Å². The van der Waals surface area contributed by atoms with Crippen LogP contribution < -0.4 is 5.32 Å². The molecule has 0 fully saturated rings. The molecular weight excluding hydrogens is 289 g/mol. The van der Waals surface area contributed by atoms with E-state index in [0.717, 1.165) is 25.9 Å². The van der Waals surface area contributed by atoms with Gasteiger partial charge < -0.3 is 5.32 Å². The van der Waals surface area contributed by atoms with Crippen LogP contribution in [0.2, 0.25) is 0 Å². The fourth-order valence-electron chi connectivity index (χ4n) is 1.44. The van der Waals surface area contributed by atoms with Gasteiger partial charge in [-0.1, -0.05) is 0 Å². The number of pyridine rings is 2. The second-order valence-corrected chi connectivity index (χ2v) is 4.24. The third-order valence-electron chi connectivity index (χ3n) is 2.07. The zero-order valence-electron chi connectivity index (χ0n) is 8.00. The lowest BCUT2D eigenvalue weighted by molar-refractivity contribution is 1.23. The van der Waals surface area contributed by atoms with Gasteiger partial charge in [-0.3, -0.25) is 9.97 Å². The Balaban J connectivity index is 2.87. The molecule has 1 N–H and O–H groups in total. The van der Waals surface area contributed by atoms with Crippen molar-refractivity contribution < 1.29 is 0 Å². The summed E-state index contributed by atoms with van der Waals surface area (Å²) in [7, 11) is 1.91. The first-order valence-corrected chi connectivity index (χ1v) is 5.39. The lowest BCUT2D eigenvalue weighted by Gasteiger charge is -2.07. The Labute approximate surface area is 96.1 Å². The van der Waals surface area contributed by atoms with Crippen molar-refractivity contribution in [1.82, 2.24) is 9.97 Å². The van der Waals surface area contributed by atoms with Crippen LogP contribution in [0.5, 0.6) is 0 Å². The Morgan fingerprint density at radius 1 is 1.36 bits per heavy atom. The zero-order chi connectivity index (χ0) is 10.1. The van der Waals surface area contributed by atoms with E-state index in [0.29, 0.717) is 0 Å². The van der Waals surface area contributed by atoms with Gasteiger partial charge in [0.15, 0.2) is 0 Å². The van der Waals surface area contributed by atoms with E-state index in [1.807, 2.05) is 32.4 Å². The Morgan fingerprint density at radius 3 is 2.86 bits per heavy atom. The second kappa shape index (κ2) is 3.68. The minimum atomic E-state index is 1.02. The molecule has 0 aliphatic carbocycles. The smallest absolute Gasteiger partial charge is 0.0890 e. The number of rotatable bonds is 1. The van der Waals surface area contributed by atoms with Crippen LogP contribution in [0.4, 0.5) is 5.69 Å². The molecule has 0 spiro atoms. The van der Waals surface area contributed by atoms with Gasteiger partial charge >= 0.3 is 0 Å². The SMILES string of the molecule is CNc1cc(C)nc2c(I)cncc12. The summed E-state index contributed by atoms with van der Waals surface area (Å²) in [5, 5.41) is 4.23. The fraction of sp³-hybridized carbons (Fsp3) is 0.200. The van der Waals surface area contributed by atoms with Gasteiger partial charge in [0.1, 0.15) is 0 Å². The molecule has 2 aromatic rings. The highest BCUT2D eigenvalue weighted by atomic mass is 127. The van der Waals surface area contributed by atoms with Crippen molar-refractivity contribution in [2.75, 3.05) is 12.4 Å². The van der Waals surface area contributed by atoms with Crippen LogP contribution in [0.3, 0.4) is 0 Å². The largest absolute Gasteiger partial charge is 0.387 e. The summed E-state index contributed by atoms with van der Waals surface area (Å²) in [4.78, 5) is 8.66. The predicted octanol–water partition coefficient (Wildman–Crippen LogP) is 2.58. The second-order valence-electron chi connectivity index (χ2n) is 3.08. The van der Waals surface area contributed by atoms with E-state index in [-0.39, 0.29) is 0 Å². The van der Waals surface area contributed by atoms with Crippen molar-refractivity contribution in [1.29, 1.82) is 0 Å². The number of nitrogens with one attached hydrogen (secondary N) is 1. The average molecular weight is 299 g/mol. The van der Waals surface area contributed by atoms with Crippen LogP contribution in [0.15, 0.2) is 18.5 Å². The summed E-state index contributed by atoms with van der Waals surface area (Å²) < 4.78 is 1.08. The normalized spacial score (nSPS) is 10.5. The van der Waals surface area contributed by atoms with Crippen LogP contribution in [-0.4, -0.2) is 17.0 Å². The highest BCUT2D eigenvalue weighted by Gasteiger charge is 2.05. The maximum Gasteiger partial charge on any atom is 0.0890 e. The number of nitrogens with zero attached hydrogens (tertiary/aromatic N) is 2. The number of hydrogen-bond donors (Lipinski definition) is 1. The number of halogens is 1. The molecule has 2 rings (SSSR count). The summed E-state index contributed by atoms with van der Waals surface area (Å²) in [5.74, 6) is 0. The molecule has 0 amide bonds. The molecule has 2 heterocycles. The minimum absolute atomic E-state index is 1.02. The van der Waals surface area contributed by atoms with E-state index < -0.39 is 0 Å². The number of fused-ring (bicyclic) bond motifs is 1. The number of aromatic nitrogens is 2. The van der Waals surface area contributed by atoms with Gasteiger partial charge in [0.25, 0.3) is 0 Å². The molecule has 0 radical (unpaired) electrons. The third kappa shape index (κ3) is 1.54. The summed E-state index contributed by atoms with van der Waals surface area (Å²) in [6.07, 6.45) is 3.67. The zero-order valence-corrected chi connectivity index (χ0v) is 10.2. The van der Waals surface area contributed by atoms with E-state index in [1.165, 1.54) is 0 Å². The Bertz CT molecular complexity index is 482. The third-order valence-corrected chi connectivity index (χ3v) is 2.86. The van der Waals surface area contributed by atoms with Gasteiger partial charge in [-0.2, -0.15) is 0 Å². The van der Waals surface area contributed by atoms with E-state index in [1.54, 1.807) is 0 Å². The van der Waals surface area contributed by atoms with Crippen molar-refractivity contribution in [3.8, 4) is 0 Å². The molecule has 0 bridgehead atoms. The maximum atomic E-state index is 4.50. The topological polar surface area (TPSA) is 37.8 Å². The Morgan fingerprint density at radius 2 is 2.14 bits per heavy atom. The summed E-state index contributed by atoms with van der Waals surface area (Å²) >= 11 is 2.25. The molecule has 0 aliphatic rings. The molecule has 0 saturated heterocycles. The molecular formula is C10H10IN3. The van der Waals surface area contributed by atoms with E-state index in [4.69, 9.17) is 0 Å². The van der Waals surface area contributed by atoms with Crippen molar-refractivity contribution in [2.45, 2.75) is 6.92 Å². The van der Waals surface area contributed by atoms with Crippen molar-refractivity contribution in [2.24, 2.45) is 0 Å². The molecule has 2 aromatic heterocycles. The Hall–Kier alpha value is -0.910. The van der Waals surface area contributed by atoms with Gasteiger partial charge in [-0.15, -0.1) is 0 Å². The van der Waals surface area contributed by atoms with Gasteiger partial charge in [0.2, 0.25) is 0 Å². The first-order valence-electron chi connectivity index (χ1n) is 4.31. The number of hydrogen-bond acceptors (Lipinski definition) is 3. The lowest BCUT2D eigenvalue weighted by Crippen LogP contribution is -1.95. The molecule has 0 aliphatic heterocycles. The van der Waals surface area contributed by atoms with E-state index >= 15 is 0 Å². The van der Waals surface area contributed by atoms with Crippen LogP contribution in [0, 0.1) is 10.5 Å². The Kier molecular flexibility index (Phi) is 2.54. The first kappa shape index (κ1) is 9.64. The summed E-state index contributed by atoms with van der Waals surface area (Å²) in [6.45, 7) is 2.00. The van der Waals surface area contributed by atoms with Crippen LogP contribution in [0.25, 0.3) is 10.9 Å². The first-order chi connectivity index (χ1) is 6.72. The van der Waals surface area contributed by atoms with Gasteiger partial charge in [-0.25, -0.2) is 0 Å². The highest BCUT2D eigenvalue weighted by molar-refractivity contribution is 14.1. The molecule has 0 unspecified atom stereocenters. The maximum absolute atomic E-state index is 4.50. The standard InChI is InChI=1S/C10H10IN3/c1-6-3-9(12-2)7-4-13-5-8(11)10(7)14-6/h3-5H,1-2H3,(H,12,14). The average Bonchev–Trinajstić information content (AvgIpc) is 2.18. The summed E-state index contributed by atoms with van der Waals surface area (Å²) in [6, 6.07) is 2.03. The van der Waals surface area contributed by atoms with Gasteiger partial charge in [0.05, 0.1) is 9.09 Å². The highest BCUT2D eigenvalue weighted by Crippen LogP contribution is 2.24. The monoisotopic (exact) mass is 299 g/mol. The summed E-state index contributed by atoms with van der Waals surface area (Å²) in [5.41, 5.74) is 3.12. The number of anilines is 1.